The number of aryl methyl sites for hydroxylation is 1. The van der Waals surface area contributed by atoms with Crippen LogP contribution in [0.2, 0.25) is 0 Å². The zero-order valence-corrected chi connectivity index (χ0v) is 14.7. The van der Waals surface area contributed by atoms with Crippen molar-refractivity contribution < 1.29 is 13.5 Å². The molecule has 2 rings (SSSR count). The van der Waals surface area contributed by atoms with Crippen molar-refractivity contribution in [1.29, 1.82) is 0 Å². The second kappa shape index (κ2) is 6.33. The monoisotopic (exact) mass is 417 g/mol. The lowest BCUT2D eigenvalue weighted by Crippen LogP contribution is -2.15. The zero-order valence-electron chi connectivity index (χ0n) is 11.7. The summed E-state index contributed by atoms with van der Waals surface area (Å²) < 4.78 is 28.7. The molecule has 0 spiro atoms. The molecule has 0 aliphatic rings. The highest BCUT2D eigenvalue weighted by atomic mass is 127. The van der Waals surface area contributed by atoms with Gasteiger partial charge in [-0.2, -0.15) is 0 Å². The Labute approximate surface area is 138 Å². The van der Waals surface area contributed by atoms with Crippen molar-refractivity contribution in [2.75, 3.05) is 4.72 Å². The molecule has 0 aromatic heterocycles. The van der Waals surface area contributed by atoms with E-state index in [9.17, 15) is 13.5 Å². The molecular formula is C15H16INO3S. The van der Waals surface area contributed by atoms with Crippen LogP contribution in [0.5, 0.6) is 0 Å². The highest BCUT2D eigenvalue weighted by Gasteiger charge is 2.19. The van der Waals surface area contributed by atoms with Gasteiger partial charge in [-0.1, -0.05) is 6.07 Å². The molecule has 0 radical (unpaired) electrons. The molecule has 0 saturated carbocycles. The van der Waals surface area contributed by atoms with Gasteiger partial charge in [-0.25, -0.2) is 8.42 Å². The van der Waals surface area contributed by atoms with E-state index in [2.05, 4.69) is 27.3 Å². The number of hydrogen-bond donors (Lipinski definition) is 2. The van der Waals surface area contributed by atoms with Gasteiger partial charge in [0.1, 0.15) is 0 Å². The summed E-state index contributed by atoms with van der Waals surface area (Å²) in [4.78, 5) is 0.199. The summed E-state index contributed by atoms with van der Waals surface area (Å²) in [5, 5.41) is 9.25. The van der Waals surface area contributed by atoms with E-state index in [4.69, 9.17) is 0 Å². The number of nitrogens with one attached hydrogen (secondary N) is 1. The summed E-state index contributed by atoms with van der Waals surface area (Å²) in [6.45, 7) is 3.41. The number of anilines is 1. The average Bonchev–Trinajstić information content (AvgIpc) is 2.43. The molecule has 0 fully saturated rings. The molecule has 0 aliphatic heterocycles. The molecule has 0 heterocycles. The van der Waals surface area contributed by atoms with E-state index in [1.165, 1.54) is 6.07 Å². The molecule has 0 unspecified atom stereocenters. The van der Waals surface area contributed by atoms with Crippen LogP contribution >= 0.6 is 22.6 Å². The first-order chi connectivity index (χ1) is 9.83. The molecule has 2 aromatic carbocycles. The lowest BCUT2D eigenvalue weighted by Gasteiger charge is -2.13. The molecule has 4 nitrogen and oxygen atoms in total. The number of sulfonamides is 1. The highest BCUT2D eigenvalue weighted by Crippen LogP contribution is 2.24. The summed E-state index contributed by atoms with van der Waals surface area (Å²) in [7, 11) is -3.68. The summed E-state index contributed by atoms with van der Waals surface area (Å²) >= 11 is 2.16. The maximum absolute atomic E-state index is 12.5. The van der Waals surface area contributed by atoms with E-state index in [0.717, 1.165) is 9.13 Å². The summed E-state index contributed by atoms with van der Waals surface area (Å²) in [5.74, 6) is 0. The third-order valence-corrected chi connectivity index (χ3v) is 5.47. The topological polar surface area (TPSA) is 66.4 Å². The summed E-state index contributed by atoms with van der Waals surface area (Å²) in [6, 6.07) is 10.4. The Morgan fingerprint density at radius 3 is 2.33 bits per heavy atom. The van der Waals surface area contributed by atoms with Crippen molar-refractivity contribution in [2.45, 2.75) is 25.3 Å². The highest BCUT2D eigenvalue weighted by molar-refractivity contribution is 14.1. The predicted octanol–water partition coefficient (Wildman–Crippen LogP) is 3.20. The van der Waals surface area contributed by atoms with Crippen molar-refractivity contribution in [3.05, 3.63) is 56.7 Å². The molecule has 21 heavy (non-hydrogen) atoms. The first kappa shape index (κ1) is 16.3. The Hall–Kier alpha value is -1.12. The summed E-state index contributed by atoms with van der Waals surface area (Å²) in [6.07, 6.45) is 0. The van der Waals surface area contributed by atoms with Crippen LogP contribution in [-0.4, -0.2) is 13.5 Å². The third-order valence-electron chi connectivity index (χ3n) is 3.25. The Morgan fingerprint density at radius 1 is 1.14 bits per heavy atom. The Balaban J connectivity index is 2.44. The van der Waals surface area contributed by atoms with Crippen LogP contribution in [0.25, 0.3) is 0 Å². The molecule has 0 bridgehead atoms. The average molecular weight is 417 g/mol. The van der Waals surface area contributed by atoms with E-state index in [1.54, 1.807) is 25.1 Å². The van der Waals surface area contributed by atoms with Crippen LogP contribution in [0, 0.1) is 17.4 Å². The van der Waals surface area contributed by atoms with Crippen LogP contribution in [0.3, 0.4) is 0 Å². The quantitative estimate of drug-likeness (QED) is 0.752. The SMILES string of the molecule is Cc1cc(CO)cc(S(=O)(=O)Nc2ccc(I)cc2)c1C. The lowest BCUT2D eigenvalue weighted by molar-refractivity contribution is 0.281. The number of aliphatic hydroxyl groups excluding tert-OH is 1. The van der Waals surface area contributed by atoms with Crippen LogP contribution in [0.1, 0.15) is 16.7 Å². The lowest BCUT2D eigenvalue weighted by atomic mass is 10.1. The first-order valence-corrected chi connectivity index (χ1v) is 8.89. The van der Waals surface area contributed by atoms with E-state index < -0.39 is 10.0 Å². The molecule has 2 aromatic rings. The van der Waals surface area contributed by atoms with Crippen molar-refractivity contribution in [3.8, 4) is 0 Å². The van der Waals surface area contributed by atoms with Gasteiger partial charge >= 0.3 is 0 Å². The number of rotatable bonds is 4. The van der Waals surface area contributed by atoms with Crippen LogP contribution in [0.4, 0.5) is 5.69 Å². The van der Waals surface area contributed by atoms with Crippen molar-refractivity contribution in [3.63, 3.8) is 0 Å². The standard InChI is InChI=1S/C15H16INO3S/c1-10-7-12(9-18)8-15(11(10)2)21(19,20)17-14-5-3-13(16)4-6-14/h3-8,17-18H,9H2,1-2H3. The van der Waals surface area contributed by atoms with E-state index in [1.807, 2.05) is 19.1 Å². The van der Waals surface area contributed by atoms with Gasteiger partial charge in [0.15, 0.2) is 0 Å². The minimum atomic E-state index is -3.68. The molecule has 0 amide bonds. The van der Waals surface area contributed by atoms with Crippen molar-refractivity contribution in [1.82, 2.24) is 0 Å². The predicted molar refractivity (Wildman–Crippen MR) is 91.8 cm³/mol. The fourth-order valence-corrected chi connectivity index (χ4v) is 3.78. The van der Waals surface area contributed by atoms with Gasteiger partial charge in [0.25, 0.3) is 10.0 Å². The number of hydrogen-bond acceptors (Lipinski definition) is 3. The van der Waals surface area contributed by atoms with Gasteiger partial charge in [-0.3, -0.25) is 4.72 Å². The molecule has 2 N–H and O–H groups in total. The Bertz CT molecular complexity index is 755. The van der Waals surface area contributed by atoms with Gasteiger partial charge in [0, 0.05) is 9.26 Å². The van der Waals surface area contributed by atoms with Gasteiger partial charge in [0.2, 0.25) is 0 Å². The number of aliphatic hydroxyl groups is 1. The Morgan fingerprint density at radius 2 is 1.76 bits per heavy atom. The minimum absolute atomic E-state index is 0.187. The minimum Gasteiger partial charge on any atom is -0.392 e. The zero-order chi connectivity index (χ0) is 15.6. The fraction of sp³-hybridized carbons (Fsp3) is 0.200. The van der Waals surface area contributed by atoms with Crippen molar-refractivity contribution in [2.24, 2.45) is 0 Å². The molecule has 0 aliphatic carbocycles. The first-order valence-electron chi connectivity index (χ1n) is 6.33. The van der Waals surface area contributed by atoms with Crippen LogP contribution in [0.15, 0.2) is 41.3 Å². The van der Waals surface area contributed by atoms with Crippen molar-refractivity contribution >= 4 is 38.3 Å². The van der Waals surface area contributed by atoms with E-state index >= 15 is 0 Å². The van der Waals surface area contributed by atoms with E-state index in [-0.39, 0.29) is 11.5 Å². The molecular weight excluding hydrogens is 401 g/mol. The maximum atomic E-state index is 12.5. The molecule has 6 heteroatoms. The second-order valence-electron chi connectivity index (χ2n) is 4.81. The maximum Gasteiger partial charge on any atom is 0.262 e. The molecule has 112 valence electrons. The number of benzene rings is 2. The second-order valence-corrected chi connectivity index (χ2v) is 7.70. The van der Waals surface area contributed by atoms with Gasteiger partial charge in [-0.05, 0) is 83.5 Å². The largest absolute Gasteiger partial charge is 0.392 e. The smallest absolute Gasteiger partial charge is 0.262 e. The van der Waals surface area contributed by atoms with Gasteiger partial charge in [-0.15, -0.1) is 0 Å². The van der Waals surface area contributed by atoms with Gasteiger partial charge < -0.3 is 5.11 Å². The normalized spacial score (nSPS) is 11.4. The van der Waals surface area contributed by atoms with Crippen LogP contribution in [-0.2, 0) is 16.6 Å². The third kappa shape index (κ3) is 3.75. The van der Waals surface area contributed by atoms with Gasteiger partial charge in [0.05, 0.1) is 11.5 Å². The van der Waals surface area contributed by atoms with E-state index in [0.29, 0.717) is 16.8 Å². The van der Waals surface area contributed by atoms with Crippen LogP contribution < -0.4 is 4.72 Å². The number of halogens is 1. The molecule has 0 saturated heterocycles. The molecule has 0 atom stereocenters. The fourth-order valence-electron chi connectivity index (χ4n) is 2.00. The summed E-state index contributed by atoms with van der Waals surface area (Å²) in [5.41, 5.74) is 2.62. The Kier molecular flexibility index (Phi) is 4.90.